The molecule has 3 rings (SSSR count). The van der Waals surface area contributed by atoms with Gasteiger partial charge in [0.05, 0.1) is 22.9 Å². The van der Waals surface area contributed by atoms with E-state index in [1.54, 1.807) is 48.5 Å². The Hall–Kier alpha value is -3.09. The maximum absolute atomic E-state index is 13.5. The van der Waals surface area contributed by atoms with Crippen molar-refractivity contribution in [2.24, 2.45) is 5.92 Å². The highest BCUT2D eigenvalue weighted by atomic mass is 32.2. The van der Waals surface area contributed by atoms with Gasteiger partial charge in [-0.25, -0.2) is 16.8 Å². The second-order valence-corrected chi connectivity index (χ2v) is 15.4. The van der Waals surface area contributed by atoms with E-state index in [0.29, 0.717) is 19.3 Å². The zero-order valence-electron chi connectivity index (χ0n) is 26.0. The van der Waals surface area contributed by atoms with Crippen LogP contribution >= 0.6 is 0 Å². The number of hydrogen-bond acceptors (Lipinski definition) is 6. The number of benzene rings is 3. The molecule has 0 aliphatic rings. The highest BCUT2D eigenvalue weighted by Crippen LogP contribution is 2.23. The van der Waals surface area contributed by atoms with Gasteiger partial charge in [0.1, 0.15) is 0 Å². The molecule has 0 radical (unpaired) electrons. The topological polar surface area (TPSA) is 124 Å². The van der Waals surface area contributed by atoms with Crippen LogP contribution in [0.3, 0.4) is 0 Å². The first-order valence-electron chi connectivity index (χ1n) is 14.9. The predicted octanol–water partition coefficient (Wildman–Crippen LogP) is 4.49. The standard InChI is InChI=1S/C33H45N3O6S2/c1-26(2)22-36(44(41,42)32-19-15-28(4)16-20-32)30(25-37)12-8-9-21-34-33(38)24-35(23-29-10-6-5-7-11-29)43(39,40)31-17-13-27(3)14-18-31/h5-7,10-11,13-20,26,30,37H,8-9,12,21-25H2,1-4H3,(H,34,38)/t30-/m0/s1. The van der Waals surface area contributed by atoms with Crippen LogP contribution in [0.1, 0.15) is 49.8 Å². The number of carbonyl (C=O) groups is 1. The molecule has 1 atom stereocenters. The molecule has 0 heterocycles. The van der Waals surface area contributed by atoms with E-state index in [2.05, 4.69) is 5.32 Å². The van der Waals surface area contributed by atoms with Crippen LogP contribution in [0.2, 0.25) is 0 Å². The lowest BCUT2D eigenvalue weighted by Crippen LogP contribution is -2.44. The van der Waals surface area contributed by atoms with Gasteiger partial charge in [-0.3, -0.25) is 4.79 Å². The van der Waals surface area contributed by atoms with Gasteiger partial charge in [0.15, 0.2) is 0 Å². The molecule has 0 saturated heterocycles. The largest absolute Gasteiger partial charge is 0.395 e. The minimum atomic E-state index is -3.94. The number of hydrogen-bond donors (Lipinski definition) is 2. The Bertz CT molecular complexity index is 1540. The molecular weight excluding hydrogens is 599 g/mol. The second-order valence-electron chi connectivity index (χ2n) is 11.5. The van der Waals surface area contributed by atoms with E-state index in [1.165, 1.54) is 8.61 Å². The average molecular weight is 644 g/mol. The number of aryl methyl sites for hydroxylation is 2. The lowest BCUT2D eigenvalue weighted by Gasteiger charge is -2.31. The SMILES string of the molecule is Cc1ccc(S(=O)(=O)N(CC(=O)NCCCC[C@@H](CO)N(CC(C)C)S(=O)(=O)c2ccc(C)cc2)Cc2ccccc2)cc1. The zero-order chi connectivity index (χ0) is 32.3. The maximum Gasteiger partial charge on any atom is 0.243 e. The van der Waals surface area contributed by atoms with Crippen molar-refractivity contribution in [1.29, 1.82) is 0 Å². The zero-order valence-corrected chi connectivity index (χ0v) is 27.6. The third-order valence-electron chi connectivity index (χ3n) is 7.26. The van der Waals surface area contributed by atoms with Crippen LogP contribution in [0.15, 0.2) is 88.7 Å². The molecule has 11 heteroatoms. The van der Waals surface area contributed by atoms with Crippen LogP contribution < -0.4 is 5.32 Å². The summed E-state index contributed by atoms with van der Waals surface area (Å²) in [6.07, 6.45) is 1.50. The van der Waals surface area contributed by atoms with Crippen LogP contribution in [0.25, 0.3) is 0 Å². The highest BCUT2D eigenvalue weighted by Gasteiger charge is 2.31. The second kappa shape index (κ2) is 16.3. The van der Waals surface area contributed by atoms with Gasteiger partial charge in [-0.05, 0) is 62.4 Å². The van der Waals surface area contributed by atoms with Crippen molar-refractivity contribution in [2.75, 3.05) is 26.2 Å². The summed E-state index contributed by atoms with van der Waals surface area (Å²) < 4.78 is 56.5. The summed E-state index contributed by atoms with van der Waals surface area (Å²) in [7, 11) is -7.76. The van der Waals surface area contributed by atoms with Gasteiger partial charge in [0.25, 0.3) is 0 Å². The van der Waals surface area contributed by atoms with E-state index >= 15 is 0 Å². The van der Waals surface area contributed by atoms with Crippen molar-refractivity contribution in [3.8, 4) is 0 Å². The molecule has 0 aliphatic heterocycles. The van der Waals surface area contributed by atoms with Crippen LogP contribution in [0.4, 0.5) is 0 Å². The fourth-order valence-electron chi connectivity index (χ4n) is 4.80. The van der Waals surface area contributed by atoms with E-state index in [-0.39, 0.29) is 48.5 Å². The lowest BCUT2D eigenvalue weighted by molar-refractivity contribution is -0.121. The van der Waals surface area contributed by atoms with E-state index in [9.17, 15) is 26.7 Å². The van der Waals surface area contributed by atoms with Crippen molar-refractivity contribution >= 4 is 26.0 Å². The van der Waals surface area contributed by atoms with Gasteiger partial charge in [-0.2, -0.15) is 8.61 Å². The van der Waals surface area contributed by atoms with Crippen molar-refractivity contribution in [3.05, 3.63) is 95.6 Å². The summed E-state index contributed by atoms with van der Waals surface area (Å²) in [5.74, 6) is -0.378. The number of amides is 1. The third-order valence-corrected chi connectivity index (χ3v) is 11.0. The van der Waals surface area contributed by atoms with E-state index < -0.39 is 32.0 Å². The van der Waals surface area contributed by atoms with Crippen molar-refractivity contribution in [1.82, 2.24) is 13.9 Å². The molecular formula is C33H45N3O6S2. The number of sulfonamides is 2. The van der Waals surface area contributed by atoms with Crippen LogP contribution in [-0.2, 0) is 31.4 Å². The molecule has 240 valence electrons. The Morgan fingerprint density at radius 3 is 1.86 bits per heavy atom. The van der Waals surface area contributed by atoms with Crippen LogP contribution in [0.5, 0.6) is 0 Å². The summed E-state index contributed by atoms with van der Waals surface area (Å²) in [6.45, 7) is 7.56. The monoisotopic (exact) mass is 643 g/mol. The Morgan fingerprint density at radius 2 is 1.34 bits per heavy atom. The number of nitrogens with zero attached hydrogens (tertiary/aromatic N) is 2. The van der Waals surface area contributed by atoms with Gasteiger partial charge >= 0.3 is 0 Å². The Balaban J connectivity index is 1.61. The highest BCUT2D eigenvalue weighted by molar-refractivity contribution is 7.89. The molecule has 0 saturated carbocycles. The number of unbranched alkanes of at least 4 members (excludes halogenated alkanes) is 1. The molecule has 2 N–H and O–H groups in total. The van der Waals surface area contributed by atoms with Crippen molar-refractivity contribution in [3.63, 3.8) is 0 Å². The van der Waals surface area contributed by atoms with Crippen LogP contribution in [0, 0.1) is 19.8 Å². The molecule has 0 fully saturated rings. The fraction of sp³-hybridized carbons (Fsp3) is 0.424. The molecule has 0 spiro atoms. The first-order chi connectivity index (χ1) is 20.8. The first-order valence-corrected chi connectivity index (χ1v) is 17.8. The molecule has 3 aromatic carbocycles. The first kappa shape index (κ1) is 35.4. The Labute approximate surface area is 263 Å². The average Bonchev–Trinajstić information content (AvgIpc) is 2.98. The fourth-order valence-corrected chi connectivity index (χ4v) is 7.99. The summed E-state index contributed by atoms with van der Waals surface area (Å²) >= 11 is 0. The van der Waals surface area contributed by atoms with Crippen molar-refractivity contribution < 1.29 is 26.7 Å². The third kappa shape index (κ3) is 9.97. The molecule has 0 bridgehead atoms. The molecule has 0 aliphatic carbocycles. The lowest BCUT2D eigenvalue weighted by atomic mass is 10.1. The molecule has 1 amide bonds. The summed E-state index contributed by atoms with van der Waals surface area (Å²) in [6, 6.07) is 21.7. The van der Waals surface area contributed by atoms with Gasteiger partial charge in [-0.15, -0.1) is 0 Å². The van der Waals surface area contributed by atoms with Gasteiger partial charge in [-0.1, -0.05) is 86.0 Å². The van der Waals surface area contributed by atoms with E-state index in [0.717, 1.165) is 16.7 Å². The molecule has 44 heavy (non-hydrogen) atoms. The van der Waals surface area contributed by atoms with Gasteiger partial charge in [0, 0.05) is 25.7 Å². The van der Waals surface area contributed by atoms with Crippen molar-refractivity contribution in [2.45, 2.75) is 69.3 Å². The number of rotatable bonds is 17. The van der Waals surface area contributed by atoms with Gasteiger partial charge < -0.3 is 10.4 Å². The number of nitrogens with one attached hydrogen (secondary N) is 1. The quantitative estimate of drug-likeness (QED) is 0.209. The minimum Gasteiger partial charge on any atom is -0.395 e. The summed E-state index contributed by atoms with van der Waals surface area (Å²) in [5.41, 5.74) is 2.65. The maximum atomic E-state index is 13.5. The smallest absolute Gasteiger partial charge is 0.243 e. The van der Waals surface area contributed by atoms with E-state index in [1.807, 2.05) is 58.0 Å². The molecule has 9 nitrogen and oxygen atoms in total. The number of aliphatic hydroxyl groups is 1. The molecule has 3 aromatic rings. The normalized spacial score (nSPS) is 13.0. The Kier molecular flexibility index (Phi) is 13.1. The molecule has 0 unspecified atom stereocenters. The number of aliphatic hydroxyl groups excluding tert-OH is 1. The molecule has 0 aromatic heterocycles. The Morgan fingerprint density at radius 1 is 0.795 bits per heavy atom. The predicted molar refractivity (Wildman–Crippen MR) is 173 cm³/mol. The summed E-state index contributed by atoms with van der Waals surface area (Å²) in [5, 5.41) is 13.0. The minimum absolute atomic E-state index is 0.0454. The van der Waals surface area contributed by atoms with Crippen LogP contribution in [-0.4, -0.2) is 68.7 Å². The van der Waals surface area contributed by atoms with Gasteiger partial charge in [0.2, 0.25) is 26.0 Å². The summed E-state index contributed by atoms with van der Waals surface area (Å²) in [4.78, 5) is 13.2. The number of carbonyl (C=O) groups excluding carboxylic acids is 1. The van der Waals surface area contributed by atoms with E-state index in [4.69, 9.17) is 0 Å².